The SMILES string of the molecule is CNC(C(=O)Nc1ccc(OC(C)C)c(C)c1)c1cnn(C)c1.Cl. The van der Waals surface area contributed by atoms with Crippen molar-refractivity contribution in [3.63, 3.8) is 0 Å². The van der Waals surface area contributed by atoms with Gasteiger partial charge in [-0.1, -0.05) is 0 Å². The summed E-state index contributed by atoms with van der Waals surface area (Å²) < 4.78 is 7.39. The minimum atomic E-state index is -0.449. The molecule has 132 valence electrons. The van der Waals surface area contributed by atoms with Crippen molar-refractivity contribution in [3.8, 4) is 5.75 Å². The maximum absolute atomic E-state index is 12.5. The summed E-state index contributed by atoms with van der Waals surface area (Å²) in [6, 6.07) is 5.18. The average Bonchev–Trinajstić information content (AvgIpc) is 2.88. The molecule has 0 aliphatic carbocycles. The van der Waals surface area contributed by atoms with E-state index in [4.69, 9.17) is 4.74 Å². The highest BCUT2D eigenvalue weighted by molar-refractivity contribution is 5.95. The number of nitrogens with zero attached hydrogens (tertiary/aromatic N) is 2. The molecule has 2 aromatic rings. The number of carbonyl (C=O) groups is 1. The maximum Gasteiger partial charge on any atom is 0.246 e. The van der Waals surface area contributed by atoms with Crippen molar-refractivity contribution in [1.82, 2.24) is 15.1 Å². The molecule has 1 aromatic carbocycles. The molecule has 0 saturated carbocycles. The Morgan fingerprint density at radius 1 is 1.33 bits per heavy atom. The topological polar surface area (TPSA) is 68.2 Å². The zero-order valence-corrected chi connectivity index (χ0v) is 15.5. The quantitative estimate of drug-likeness (QED) is 0.838. The third-order valence-electron chi connectivity index (χ3n) is 3.41. The van der Waals surface area contributed by atoms with Crippen molar-refractivity contribution in [2.75, 3.05) is 12.4 Å². The Hall–Kier alpha value is -2.05. The Morgan fingerprint density at radius 2 is 2.04 bits per heavy atom. The third kappa shape index (κ3) is 4.97. The monoisotopic (exact) mass is 352 g/mol. The summed E-state index contributed by atoms with van der Waals surface area (Å²) >= 11 is 0. The van der Waals surface area contributed by atoms with Gasteiger partial charge in [0.2, 0.25) is 5.91 Å². The standard InChI is InChI=1S/C17H24N4O2.ClH/c1-11(2)23-15-7-6-14(8-12(15)3)20-17(22)16(18-4)13-9-19-21(5)10-13;/h6-11,16,18H,1-5H3,(H,20,22);1H. The van der Waals surface area contributed by atoms with Crippen molar-refractivity contribution in [3.05, 3.63) is 41.7 Å². The van der Waals surface area contributed by atoms with Crippen LogP contribution in [0.2, 0.25) is 0 Å². The average molecular weight is 353 g/mol. The van der Waals surface area contributed by atoms with E-state index < -0.39 is 6.04 Å². The van der Waals surface area contributed by atoms with Gasteiger partial charge in [0, 0.05) is 24.5 Å². The predicted molar refractivity (Wildman–Crippen MR) is 97.8 cm³/mol. The maximum atomic E-state index is 12.5. The van der Waals surface area contributed by atoms with E-state index >= 15 is 0 Å². The molecule has 0 fully saturated rings. The van der Waals surface area contributed by atoms with Gasteiger partial charge in [-0.15, -0.1) is 12.4 Å². The number of benzene rings is 1. The number of carbonyl (C=O) groups excluding carboxylic acids is 1. The highest BCUT2D eigenvalue weighted by atomic mass is 35.5. The number of hydrogen-bond acceptors (Lipinski definition) is 4. The second kappa shape index (κ2) is 8.70. The lowest BCUT2D eigenvalue weighted by Gasteiger charge is -2.16. The summed E-state index contributed by atoms with van der Waals surface area (Å²) in [5.41, 5.74) is 2.55. The number of anilines is 1. The first kappa shape index (κ1) is 20.0. The summed E-state index contributed by atoms with van der Waals surface area (Å²) in [6.45, 7) is 5.94. The zero-order chi connectivity index (χ0) is 17.0. The third-order valence-corrected chi connectivity index (χ3v) is 3.41. The molecule has 1 amide bonds. The Labute approximate surface area is 149 Å². The fourth-order valence-corrected chi connectivity index (χ4v) is 2.37. The number of halogens is 1. The Balaban J connectivity index is 0.00000288. The Bertz CT molecular complexity index is 685. The van der Waals surface area contributed by atoms with Crippen LogP contribution in [0.25, 0.3) is 0 Å². The number of amides is 1. The first-order valence-corrected chi connectivity index (χ1v) is 7.64. The molecule has 2 rings (SSSR count). The van der Waals surface area contributed by atoms with E-state index in [2.05, 4.69) is 15.7 Å². The number of hydrogen-bond donors (Lipinski definition) is 2. The van der Waals surface area contributed by atoms with Crippen molar-refractivity contribution in [1.29, 1.82) is 0 Å². The van der Waals surface area contributed by atoms with E-state index in [-0.39, 0.29) is 24.4 Å². The van der Waals surface area contributed by atoms with E-state index in [1.807, 2.05) is 52.2 Å². The van der Waals surface area contributed by atoms with Crippen LogP contribution in [0.1, 0.15) is 31.0 Å². The van der Waals surface area contributed by atoms with Gasteiger partial charge >= 0.3 is 0 Å². The van der Waals surface area contributed by atoms with Gasteiger partial charge in [0.05, 0.1) is 12.3 Å². The van der Waals surface area contributed by atoms with E-state index in [1.54, 1.807) is 17.9 Å². The normalized spacial score (nSPS) is 11.8. The molecule has 0 saturated heterocycles. The van der Waals surface area contributed by atoms with Crippen LogP contribution in [0, 0.1) is 6.92 Å². The van der Waals surface area contributed by atoms with Crippen LogP contribution in [0.3, 0.4) is 0 Å². The predicted octanol–water partition coefficient (Wildman–Crippen LogP) is 2.84. The fraction of sp³-hybridized carbons (Fsp3) is 0.412. The van der Waals surface area contributed by atoms with Crippen LogP contribution in [0.15, 0.2) is 30.6 Å². The second-order valence-corrected chi connectivity index (χ2v) is 5.81. The molecule has 24 heavy (non-hydrogen) atoms. The number of ether oxygens (including phenoxy) is 1. The van der Waals surface area contributed by atoms with Crippen LogP contribution < -0.4 is 15.4 Å². The van der Waals surface area contributed by atoms with Gasteiger partial charge < -0.3 is 15.4 Å². The van der Waals surface area contributed by atoms with Gasteiger partial charge in [-0.3, -0.25) is 9.48 Å². The summed E-state index contributed by atoms with van der Waals surface area (Å²) in [4.78, 5) is 12.5. The smallest absolute Gasteiger partial charge is 0.246 e. The van der Waals surface area contributed by atoms with Crippen LogP contribution in [0.4, 0.5) is 5.69 Å². The van der Waals surface area contributed by atoms with Crippen LogP contribution in [-0.4, -0.2) is 28.8 Å². The van der Waals surface area contributed by atoms with Crippen LogP contribution in [-0.2, 0) is 11.8 Å². The minimum absolute atomic E-state index is 0. The summed E-state index contributed by atoms with van der Waals surface area (Å²) in [6.07, 6.45) is 3.63. The van der Waals surface area contributed by atoms with Gasteiger partial charge in [-0.2, -0.15) is 5.10 Å². The molecule has 7 heteroatoms. The van der Waals surface area contributed by atoms with Gasteiger partial charge in [-0.25, -0.2) is 0 Å². The Morgan fingerprint density at radius 3 is 2.54 bits per heavy atom. The molecule has 1 unspecified atom stereocenters. The molecule has 2 N–H and O–H groups in total. The van der Waals surface area contributed by atoms with Crippen molar-refractivity contribution >= 4 is 24.0 Å². The van der Waals surface area contributed by atoms with Gasteiger partial charge in [0.15, 0.2) is 0 Å². The second-order valence-electron chi connectivity index (χ2n) is 5.81. The number of aryl methyl sites for hydroxylation is 2. The number of rotatable bonds is 6. The van der Waals surface area contributed by atoms with E-state index in [1.165, 1.54) is 0 Å². The number of aromatic nitrogens is 2. The molecule has 0 bridgehead atoms. The van der Waals surface area contributed by atoms with E-state index in [9.17, 15) is 4.79 Å². The van der Waals surface area contributed by atoms with Crippen molar-refractivity contribution in [2.45, 2.75) is 32.9 Å². The van der Waals surface area contributed by atoms with Gasteiger partial charge in [0.1, 0.15) is 11.8 Å². The first-order chi connectivity index (χ1) is 10.9. The summed E-state index contributed by atoms with van der Waals surface area (Å²) in [5.74, 6) is 0.702. The van der Waals surface area contributed by atoms with E-state index in [0.717, 1.165) is 22.6 Å². The molecule has 6 nitrogen and oxygen atoms in total. The largest absolute Gasteiger partial charge is 0.491 e. The van der Waals surface area contributed by atoms with Crippen LogP contribution in [0.5, 0.6) is 5.75 Å². The number of nitrogens with one attached hydrogen (secondary N) is 2. The molecule has 1 aromatic heterocycles. The lowest BCUT2D eigenvalue weighted by molar-refractivity contribution is -0.118. The molecular formula is C17H25ClN4O2. The zero-order valence-electron chi connectivity index (χ0n) is 14.7. The molecule has 0 aliphatic heterocycles. The molecule has 0 aliphatic rings. The molecule has 0 radical (unpaired) electrons. The highest BCUT2D eigenvalue weighted by Gasteiger charge is 2.20. The van der Waals surface area contributed by atoms with Crippen LogP contribution >= 0.6 is 12.4 Å². The molecular weight excluding hydrogens is 328 g/mol. The van der Waals surface area contributed by atoms with Gasteiger partial charge in [-0.05, 0) is 51.6 Å². The molecule has 0 spiro atoms. The van der Waals surface area contributed by atoms with Crippen molar-refractivity contribution < 1.29 is 9.53 Å². The lowest BCUT2D eigenvalue weighted by atomic mass is 10.1. The van der Waals surface area contributed by atoms with Crippen molar-refractivity contribution in [2.24, 2.45) is 7.05 Å². The summed E-state index contributed by atoms with van der Waals surface area (Å²) in [7, 11) is 3.58. The van der Waals surface area contributed by atoms with E-state index in [0.29, 0.717) is 0 Å². The number of likely N-dealkylation sites (N-methyl/N-ethyl adjacent to an activating group) is 1. The minimum Gasteiger partial charge on any atom is -0.491 e. The molecule has 1 atom stereocenters. The fourth-order valence-electron chi connectivity index (χ4n) is 2.37. The highest BCUT2D eigenvalue weighted by Crippen LogP contribution is 2.24. The summed E-state index contributed by atoms with van der Waals surface area (Å²) in [5, 5.41) is 10.1. The lowest BCUT2D eigenvalue weighted by Crippen LogP contribution is -2.30. The first-order valence-electron chi connectivity index (χ1n) is 7.64. The Kier molecular flexibility index (Phi) is 7.25. The molecule has 1 heterocycles. The van der Waals surface area contributed by atoms with Gasteiger partial charge in [0.25, 0.3) is 0 Å².